The second-order valence-corrected chi connectivity index (χ2v) is 5.92. The van der Waals surface area contributed by atoms with Gasteiger partial charge in [-0.25, -0.2) is 9.78 Å². The summed E-state index contributed by atoms with van der Waals surface area (Å²) in [7, 11) is 0. The van der Waals surface area contributed by atoms with Gasteiger partial charge in [-0.3, -0.25) is 9.55 Å². The van der Waals surface area contributed by atoms with Gasteiger partial charge in [0.25, 0.3) is 0 Å². The molecule has 0 fully saturated rings. The number of aryl methyl sites for hydroxylation is 3. The highest BCUT2D eigenvalue weighted by Crippen LogP contribution is 2.24. The number of fused-ring (bicyclic) bond motifs is 1. The van der Waals surface area contributed by atoms with E-state index in [-0.39, 0.29) is 0 Å². The number of amides is 2. The van der Waals surface area contributed by atoms with Crippen LogP contribution in [0.25, 0.3) is 16.7 Å². The Kier molecular flexibility index (Phi) is 4.20. The van der Waals surface area contributed by atoms with Crippen molar-refractivity contribution in [3.05, 3.63) is 53.1 Å². The number of nitrogens with one attached hydrogen (secondary N) is 1. The van der Waals surface area contributed by atoms with Crippen molar-refractivity contribution in [3.8, 4) is 5.69 Å². The van der Waals surface area contributed by atoms with Gasteiger partial charge in [-0.05, 0) is 51.0 Å². The number of urea groups is 1. The molecule has 0 saturated carbocycles. The Hall–Kier alpha value is -2.89. The highest BCUT2D eigenvalue weighted by atomic mass is 16.2. The largest absolute Gasteiger partial charge is 0.352 e. The number of hydrogen-bond acceptors (Lipinski definition) is 3. The lowest BCUT2D eigenvalue weighted by Crippen LogP contribution is -2.30. The maximum absolute atomic E-state index is 10.7. The lowest BCUT2D eigenvalue weighted by Gasteiger charge is -2.09. The summed E-state index contributed by atoms with van der Waals surface area (Å²) in [5, 5.41) is 2.60. The fraction of sp³-hybridized carbons (Fsp3) is 0.278. The minimum atomic E-state index is -0.494. The van der Waals surface area contributed by atoms with Gasteiger partial charge in [0.1, 0.15) is 11.3 Å². The Morgan fingerprint density at radius 3 is 2.54 bits per heavy atom. The Morgan fingerprint density at radius 2 is 1.88 bits per heavy atom. The zero-order chi connectivity index (χ0) is 17.3. The molecule has 0 aliphatic heterocycles. The summed E-state index contributed by atoms with van der Waals surface area (Å²) in [4.78, 5) is 19.9. The monoisotopic (exact) mass is 323 g/mol. The molecular weight excluding hydrogens is 302 g/mol. The minimum Gasteiger partial charge on any atom is -0.352 e. The van der Waals surface area contributed by atoms with Crippen LogP contribution in [0, 0.1) is 20.8 Å². The number of carbonyl (C=O) groups excluding carboxylic acids is 1. The van der Waals surface area contributed by atoms with Crippen LogP contribution in [-0.4, -0.2) is 27.1 Å². The topological polar surface area (TPSA) is 85.8 Å². The molecule has 2 amide bonds. The molecule has 0 aliphatic carbocycles. The molecule has 3 rings (SSSR count). The Balaban J connectivity index is 1.93. The average Bonchev–Trinajstić information content (AvgIpc) is 2.84. The predicted molar refractivity (Wildman–Crippen MR) is 94.4 cm³/mol. The van der Waals surface area contributed by atoms with E-state index in [0.29, 0.717) is 6.54 Å². The first-order chi connectivity index (χ1) is 11.5. The Labute approximate surface area is 140 Å². The molecule has 2 aromatic heterocycles. The Bertz CT molecular complexity index is 896. The molecule has 3 aromatic rings. The fourth-order valence-electron chi connectivity index (χ4n) is 2.96. The van der Waals surface area contributed by atoms with Crippen molar-refractivity contribution in [2.24, 2.45) is 5.73 Å². The lowest BCUT2D eigenvalue weighted by molar-refractivity contribution is 0.249. The molecule has 0 unspecified atom stereocenters. The third-order valence-electron chi connectivity index (χ3n) is 4.02. The van der Waals surface area contributed by atoms with Crippen LogP contribution in [0.4, 0.5) is 4.79 Å². The van der Waals surface area contributed by atoms with E-state index < -0.39 is 6.03 Å². The summed E-state index contributed by atoms with van der Waals surface area (Å²) in [6.45, 7) is 6.51. The van der Waals surface area contributed by atoms with Gasteiger partial charge < -0.3 is 11.1 Å². The maximum atomic E-state index is 10.7. The predicted octanol–water partition coefficient (Wildman–Crippen LogP) is 2.56. The van der Waals surface area contributed by atoms with E-state index in [0.717, 1.165) is 45.9 Å². The number of nitrogens with two attached hydrogens (primary N) is 1. The van der Waals surface area contributed by atoms with E-state index in [1.54, 1.807) is 0 Å². The molecule has 0 bridgehead atoms. The zero-order valence-electron chi connectivity index (χ0n) is 14.1. The van der Waals surface area contributed by atoms with Gasteiger partial charge in [-0.15, -0.1) is 0 Å². The van der Waals surface area contributed by atoms with Gasteiger partial charge in [0, 0.05) is 17.9 Å². The van der Waals surface area contributed by atoms with Gasteiger partial charge in [0.05, 0.1) is 11.2 Å². The normalized spacial score (nSPS) is 11.0. The molecular formula is C18H21N5O. The van der Waals surface area contributed by atoms with Gasteiger partial charge >= 0.3 is 6.03 Å². The number of hydrogen-bond donors (Lipinski definition) is 2. The van der Waals surface area contributed by atoms with Crippen LogP contribution in [-0.2, 0) is 6.42 Å². The number of pyridine rings is 1. The number of aromatic nitrogens is 3. The zero-order valence-corrected chi connectivity index (χ0v) is 14.1. The Morgan fingerprint density at radius 1 is 1.17 bits per heavy atom. The van der Waals surface area contributed by atoms with Crippen molar-refractivity contribution in [3.63, 3.8) is 0 Å². The SMILES string of the molecule is Cc1cc2c(nc(C)n2-c2ccc(CCNC(N)=O)cc2)c(C)n1. The summed E-state index contributed by atoms with van der Waals surface area (Å²) in [5.74, 6) is 0.934. The minimum absolute atomic E-state index is 0.494. The van der Waals surface area contributed by atoms with Crippen molar-refractivity contribution in [2.75, 3.05) is 6.54 Å². The number of primary amides is 1. The first-order valence-corrected chi connectivity index (χ1v) is 7.91. The number of nitrogens with zero attached hydrogens (tertiary/aromatic N) is 3. The van der Waals surface area contributed by atoms with Crippen molar-refractivity contribution < 1.29 is 4.79 Å². The molecule has 6 heteroatoms. The second-order valence-electron chi connectivity index (χ2n) is 5.92. The van der Waals surface area contributed by atoms with Crippen LogP contribution in [0.2, 0.25) is 0 Å². The van der Waals surface area contributed by atoms with Crippen LogP contribution >= 0.6 is 0 Å². The maximum Gasteiger partial charge on any atom is 0.312 e. The number of rotatable bonds is 4. The molecule has 124 valence electrons. The molecule has 24 heavy (non-hydrogen) atoms. The van der Waals surface area contributed by atoms with Gasteiger partial charge in [0.2, 0.25) is 0 Å². The van der Waals surface area contributed by atoms with Crippen LogP contribution in [0.3, 0.4) is 0 Å². The molecule has 0 radical (unpaired) electrons. The second kappa shape index (κ2) is 6.31. The lowest BCUT2D eigenvalue weighted by atomic mass is 10.1. The first-order valence-electron chi connectivity index (χ1n) is 7.91. The summed E-state index contributed by atoms with van der Waals surface area (Å²) in [6, 6.07) is 9.82. The van der Waals surface area contributed by atoms with Crippen LogP contribution in [0.1, 0.15) is 22.8 Å². The summed E-state index contributed by atoms with van der Waals surface area (Å²) in [5.41, 5.74) is 11.2. The van der Waals surface area contributed by atoms with Crippen LogP contribution in [0.5, 0.6) is 0 Å². The van der Waals surface area contributed by atoms with E-state index in [9.17, 15) is 4.79 Å². The molecule has 1 aromatic carbocycles. The van der Waals surface area contributed by atoms with E-state index in [4.69, 9.17) is 5.73 Å². The molecule has 0 aliphatic rings. The smallest absolute Gasteiger partial charge is 0.312 e. The average molecular weight is 323 g/mol. The fourth-order valence-corrected chi connectivity index (χ4v) is 2.96. The number of imidazole rings is 1. The third-order valence-corrected chi connectivity index (χ3v) is 4.02. The summed E-state index contributed by atoms with van der Waals surface area (Å²) in [6.07, 6.45) is 0.745. The van der Waals surface area contributed by atoms with Crippen molar-refractivity contribution >= 4 is 17.1 Å². The van der Waals surface area contributed by atoms with Gasteiger partial charge in [-0.1, -0.05) is 12.1 Å². The van der Waals surface area contributed by atoms with Gasteiger partial charge in [0.15, 0.2) is 0 Å². The van der Waals surface area contributed by atoms with E-state index >= 15 is 0 Å². The molecule has 0 spiro atoms. The summed E-state index contributed by atoms with van der Waals surface area (Å²) < 4.78 is 2.14. The van der Waals surface area contributed by atoms with Gasteiger partial charge in [-0.2, -0.15) is 0 Å². The van der Waals surface area contributed by atoms with Crippen molar-refractivity contribution in [1.82, 2.24) is 19.9 Å². The number of carbonyl (C=O) groups is 1. The highest BCUT2D eigenvalue weighted by Gasteiger charge is 2.12. The quantitative estimate of drug-likeness (QED) is 0.773. The van der Waals surface area contributed by atoms with E-state index in [2.05, 4.69) is 50.2 Å². The molecule has 2 heterocycles. The molecule has 0 saturated heterocycles. The first kappa shape index (κ1) is 16.0. The molecule has 3 N–H and O–H groups in total. The number of benzene rings is 1. The summed E-state index contributed by atoms with van der Waals surface area (Å²) >= 11 is 0. The van der Waals surface area contributed by atoms with Crippen LogP contribution in [0.15, 0.2) is 30.3 Å². The van der Waals surface area contributed by atoms with E-state index in [1.807, 2.05) is 20.8 Å². The van der Waals surface area contributed by atoms with Crippen molar-refractivity contribution in [2.45, 2.75) is 27.2 Å². The highest BCUT2D eigenvalue weighted by molar-refractivity contribution is 5.80. The van der Waals surface area contributed by atoms with E-state index in [1.165, 1.54) is 0 Å². The third kappa shape index (κ3) is 3.08. The standard InChI is InChI=1S/C18H21N5O/c1-11-10-16-17(12(2)21-11)22-13(3)23(16)15-6-4-14(5-7-15)8-9-20-18(19)24/h4-7,10H,8-9H2,1-3H3,(H3,19,20,24). The van der Waals surface area contributed by atoms with Crippen LogP contribution < -0.4 is 11.1 Å². The molecule has 0 atom stereocenters. The van der Waals surface area contributed by atoms with Crippen molar-refractivity contribution in [1.29, 1.82) is 0 Å². The molecule has 6 nitrogen and oxygen atoms in total.